The van der Waals surface area contributed by atoms with Crippen molar-refractivity contribution in [3.63, 3.8) is 0 Å². The van der Waals surface area contributed by atoms with Gasteiger partial charge in [-0.15, -0.1) is 0 Å². The van der Waals surface area contributed by atoms with E-state index in [2.05, 4.69) is 9.98 Å². The molecule has 0 aromatic heterocycles. The molecule has 1 unspecified atom stereocenters. The number of rotatable bonds is 5. The number of methoxy groups -OCH3 is 1. The molecule has 0 amide bonds. The first-order chi connectivity index (χ1) is 8.19. The number of aliphatic imine (C=N–C) groups is 2. The van der Waals surface area contributed by atoms with Crippen molar-refractivity contribution in [3.8, 4) is 0 Å². The molecule has 1 aliphatic rings. The van der Waals surface area contributed by atoms with Gasteiger partial charge in [-0.1, -0.05) is 6.08 Å². The van der Waals surface area contributed by atoms with Crippen molar-refractivity contribution >= 4 is 12.1 Å². The normalized spacial score (nSPS) is 21.4. The highest BCUT2D eigenvalue weighted by Crippen LogP contribution is 2.16. The quantitative estimate of drug-likeness (QED) is 0.448. The molecule has 5 nitrogen and oxygen atoms in total. The highest BCUT2D eigenvalue weighted by molar-refractivity contribution is 5.87. The van der Waals surface area contributed by atoms with Gasteiger partial charge in [0.25, 0.3) is 0 Å². The van der Waals surface area contributed by atoms with Crippen LogP contribution in [0, 0.1) is 0 Å². The first kappa shape index (κ1) is 13.4. The Bertz CT molecular complexity index is 370. The third kappa shape index (κ3) is 4.03. The van der Waals surface area contributed by atoms with Gasteiger partial charge in [0, 0.05) is 25.3 Å². The van der Waals surface area contributed by atoms with Gasteiger partial charge >= 0.3 is 0 Å². The largest absolute Gasteiger partial charge is 0.468 e. The molecule has 5 heteroatoms. The molecular formula is C12H19N3O2. The Kier molecular flexibility index (Phi) is 5.42. The second kappa shape index (κ2) is 6.85. The molecule has 1 rings (SSSR count). The van der Waals surface area contributed by atoms with Crippen molar-refractivity contribution in [2.75, 3.05) is 13.7 Å². The van der Waals surface area contributed by atoms with Gasteiger partial charge < -0.3 is 15.2 Å². The third-order valence-corrected chi connectivity index (χ3v) is 2.37. The zero-order chi connectivity index (χ0) is 12.7. The Morgan fingerprint density at radius 1 is 1.71 bits per heavy atom. The summed E-state index contributed by atoms with van der Waals surface area (Å²) in [6.45, 7) is 4.30. The molecule has 1 heterocycles. The molecule has 0 radical (unpaired) electrons. The Balaban J connectivity index is 2.77. The summed E-state index contributed by atoms with van der Waals surface area (Å²) in [5.74, 6) is 0.504. The fraction of sp³-hybridized carbons (Fsp3) is 0.500. The number of hydrogen-bond acceptors (Lipinski definition) is 4. The van der Waals surface area contributed by atoms with E-state index in [4.69, 9.17) is 15.2 Å². The van der Waals surface area contributed by atoms with Gasteiger partial charge in [0.2, 0.25) is 5.88 Å². The van der Waals surface area contributed by atoms with E-state index in [1.807, 2.05) is 19.9 Å². The summed E-state index contributed by atoms with van der Waals surface area (Å²) in [5.41, 5.74) is 7.14. The van der Waals surface area contributed by atoms with Gasteiger partial charge in [0.15, 0.2) is 0 Å². The van der Waals surface area contributed by atoms with Gasteiger partial charge in [-0.3, -0.25) is 4.99 Å². The van der Waals surface area contributed by atoms with Crippen LogP contribution in [-0.4, -0.2) is 31.9 Å². The maximum Gasteiger partial charge on any atom is 0.216 e. The Morgan fingerprint density at radius 3 is 3.06 bits per heavy atom. The van der Waals surface area contributed by atoms with Crippen LogP contribution in [0.2, 0.25) is 0 Å². The highest BCUT2D eigenvalue weighted by Gasteiger charge is 2.17. The first-order valence-electron chi connectivity index (χ1n) is 5.48. The molecule has 17 heavy (non-hydrogen) atoms. The smallest absolute Gasteiger partial charge is 0.216 e. The molecule has 1 aliphatic heterocycles. The summed E-state index contributed by atoms with van der Waals surface area (Å²) >= 11 is 0. The maximum atomic E-state index is 5.80. The van der Waals surface area contributed by atoms with Gasteiger partial charge in [0.1, 0.15) is 6.10 Å². The number of hydrogen-bond donors (Lipinski definition) is 1. The zero-order valence-corrected chi connectivity index (χ0v) is 10.5. The summed E-state index contributed by atoms with van der Waals surface area (Å²) in [6.07, 6.45) is 5.68. The molecular weight excluding hydrogens is 218 g/mol. The van der Waals surface area contributed by atoms with Crippen LogP contribution in [-0.2, 0) is 9.47 Å². The van der Waals surface area contributed by atoms with E-state index < -0.39 is 0 Å². The lowest BCUT2D eigenvalue weighted by Crippen LogP contribution is -2.23. The summed E-state index contributed by atoms with van der Waals surface area (Å²) in [4.78, 5) is 8.23. The van der Waals surface area contributed by atoms with Gasteiger partial charge in [-0.05, 0) is 13.8 Å². The van der Waals surface area contributed by atoms with Crippen LogP contribution in [0.4, 0.5) is 0 Å². The predicted molar refractivity (Wildman–Crippen MR) is 69.0 cm³/mol. The third-order valence-electron chi connectivity index (χ3n) is 2.37. The summed E-state index contributed by atoms with van der Waals surface area (Å²) in [5, 5.41) is 0. The molecule has 94 valence electrons. The summed E-state index contributed by atoms with van der Waals surface area (Å²) in [7, 11) is 1.63. The van der Waals surface area contributed by atoms with E-state index in [1.54, 1.807) is 13.3 Å². The van der Waals surface area contributed by atoms with Crippen LogP contribution in [0.1, 0.15) is 20.3 Å². The first-order valence-corrected chi connectivity index (χ1v) is 5.48. The van der Waals surface area contributed by atoms with Crippen LogP contribution in [0.3, 0.4) is 0 Å². The van der Waals surface area contributed by atoms with E-state index in [1.165, 1.54) is 6.34 Å². The van der Waals surface area contributed by atoms with Crippen molar-refractivity contribution in [1.82, 2.24) is 0 Å². The van der Waals surface area contributed by atoms with Crippen LogP contribution in [0.5, 0.6) is 0 Å². The standard InChI is InChI=1S/C12H19N3O2/c1-9(7-16-3)12(15-8-13)17-11-5-4-6-14-10(11)2/h4,6,8,11H,5,7H2,1-3H3,(H2,13,15)/b12-9+. The van der Waals surface area contributed by atoms with Crippen molar-refractivity contribution in [3.05, 3.63) is 23.7 Å². The molecule has 0 fully saturated rings. The molecule has 2 N–H and O–H groups in total. The number of ether oxygens (including phenoxy) is 2. The topological polar surface area (TPSA) is 69.2 Å². The fourth-order valence-corrected chi connectivity index (χ4v) is 1.46. The lowest BCUT2D eigenvalue weighted by Gasteiger charge is -2.20. The predicted octanol–water partition coefficient (Wildman–Crippen LogP) is 1.61. The molecule has 0 aliphatic carbocycles. The van der Waals surface area contributed by atoms with Gasteiger partial charge in [-0.25, -0.2) is 4.99 Å². The van der Waals surface area contributed by atoms with Crippen LogP contribution >= 0.6 is 0 Å². The fourth-order valence-electron chi connectivity index (χ4n) is 1.46. The van der Waals surface area contributed by atoms with Crippen molar-refractivity contribution in [1.29, 1.82) is 0 Å². The van der Waals surface area contributed by atoms with E-state index >= 15 is 0 Å². The molecule has 0 saturated carbocycles. The highest BCUT2D eigenvalue weighted by atomic mass is 16.5. The van der Waals surface area contributed by atoms with Crippen molar-refractivity contribution in [2.45, 2.75) is 26.4 Å². The Morgan fingerprint density at radius 2 is 2.47 bits per heavy atom. The molecule has 0 aromatic rings. The average molecular weight is 237 g/mol. The zero-order valence-electron chi connectivity index (χ0n) is 10.5. The van der Waals surface area contributed by atoms with E-state index in [0.29, 0.717) is 12.5 Å². The van der Waals surface area contributed by atoms with E-state index in [9.17, 15) is 0 Å². The van der Waals surface area contributed by atoms with Gasteiger partial charge in [0.05, 0.1) is 18.7 Å². The summed E-state index contributed by atoms with van der Waals surface area (Å²) < 4.78 is 10.8. The van der Waals surface area contributed by atoms with Crippen LogP contribution in [0.15, 0.2) is 33.7 Å². The molecule has 1 atom stereocenters. The monoisotopic (exact) mass is 237 g/mol. The van der Waals surface area contributed by atoms with E-state index in [0.717, 1.165) is 17.7 Å². The Hall–Kier alpha value is -1.62. The van der Waals surface area contributed by atoms with E-state index in [-0.39, 0.29) is 6.10 Å². The lowest BCUT2D eigenvalue weighted by molar-refractivity contribution is 0.156. The molecule has 0 saturated heterocycles. The number of nitrogens with two attached hydrogens (primary N) is 1. The van der Waals surface area contributed by atoms with Gasteiger partial charge in [-0.2, -0.15) is 0 Å². The average Bonchev–Trinajstić information content (AvgIpc) is 2.31. The molecule has 0 aromatic carbocycles. The summed E-state index contributed by atoms with van der Waals surface area (Å²) in [6, 6.07) is 0. The molecule has 0 spiro atoms. The minimum atomic E-state index is -0.0782. The minimum Gasteiger partial charge on any atom is -0.468 e. The SMILES string of the molecule is COC/C(C)=C(\N=C/N)OC1CC=CN=C1C. The lowest BCUT2D eigenvalue weighted by atomic mass is 10.1. The Labute approximate surface area is 102 Å². The second-order valence-electron chi connectivity index (χ2n) is 3.79. The van der Waals surface area contributed by atoms with Crippen molar-refractivity contribution in [2.24, 2.45) is 15.7 Å². The molecule has 0 bridgehead atoms. The van der Waals surface area contributed by atoms with Crippen LogP contribution < -0.4 is 5.73 Å². The second-order valence-corrected chi connectivity index (χ2v) is 3.79. The van der Waals surface area contributed by atoms with Crippen LogP contribution in [0.25, 0.3) is 0 Å². The minimum absolute atomic E-state index is 0.0782. The number of nitrogens with zero attached hydrogens (tertiary/aromatic N) is 2. The maximum absolute atomic E-state index is 5.80. The van der Waals surface area contributed by atoms with Crippen molar-refractivity contribution < 1.29 is 9.47 Å².